The van der Waals surface area contributed by atoms with Gasteiger partial charge >= 0.3 is 12.0 Å². The average molecular weight is 316 g/mol. The lowest BCUT2D eigenvalue weighted by atomic mass is 9.72. The van der Waals surface area contributed by atoms with Gasteiger partial charge in [-0.25, -0.2) is 4.79 Å². The first-order chi connectivity index (χ1) is 10.0. The van der Waals surface area contributed by atoms with Gasteiger partial charge in [0.25, 0.3) is 0 Å². The van der Waals surface area contributed by atoms with E-state index >= 15 is 0 Å². The van der Waals surface area contributed by atoms with E-state index in [4.69, 9.17) is 5.11 Å². The van der Waals surface area contributed by atoms with Crippen LogP contribution in [0.5, 0.6) is 0 Å². The fraction of sp³-hybridized carbons (Fsp3) is 0.867. The molecule has 0 heterocycles. The minimum Gasteiger partial charge on any atom is -0.481 e. The molecule has 0 spiro atoms. The number of nitrogens with one attached hydrogen (secondary N) is 2. The Kier molecular flexibility index (Phi) is 7.93. The van der Waals surface area contributed by atoms with Gasteiger partial charge in [-0.15, -0.1) is 0 Å². The van der Waals surface area contributed by atoms with Crippen molar-refractivity contribution in [2.24, 2.45) is 5.41 Å². The molecule has 0 radical (unpaired) electrons. The zero-order valence-corrected chi connectivity index (χ0v) is 13.9. The van der Waals surface area contributed by atoms with Crippen molar-refractivity contribution in [1.29, 1.82) is 0 Å². The van der Waals surface area contributed by atoms with Crippen LogP contribution in [0, 0.1) is 5.41 Å². The molecule has 1 unspecified atom stereocenters. The van der Waals surface area contributed by atoms with Gasteiger partial charge in [-0.2, -0.15) is 11.8 Å². The highest BCUT2D eigenvalue weighted by atomic mass is 32.2. The van der Waals surface area contributed by atoms with E-state index < -0.39 is 5.97 Å². The lowest BCUT2D eigenvalue weighted by Crippen LogP contribution is -2.47. The highest BCUT2D eigenvalue weighted by Crippen LogP contribution is 2.38. The summed E-state index contributed by atoms with van der Waals surface area (Å²) in [5, 5.41) is 15.0. The number of hydrogen-bond acceptors (Lipinski definition) is 3. The number of hydrogen-bond donors (Lipinski definition) is 3. The lowest BCUT2D eigenvalue weighted by Gasteiger charge is -2.36. The molecule has 21 heavy (non-hydrogen) atoms. The minimum atomic E-state index is -0.770. The summed E-state index contributed by atoms with van der Waals surface area (Å²) in [6.07, 6.45) is 8.12. The second kappa shape index (κ2) is 9.18. The third-order valence-corrected chi connectivity index (χ3v) is 5.00. The van der Waals surface area contributed by atoms with Crippen LogP contribution in [0.15, 0.2) is 0 Å². The zero-order chi connectivity index (χ0) is 15.7. The van der Waals surface area contributed by atoms with Crippen LogP contribution < -0.4 is 10.6 Å². The van der Waals surface area contributed by atoms with Crippen LogP contribution in [0.25, 0.3) is 0 Å². The van der Waals surface area contributed by atoms with E-state index in [-0.39, 0.29) is 23.9 Å². The van der Waals surface area contributed by atoms with Crippen molar-refractivity contribution in [3.8, 4) is 0 Å². The van der Waals surface area contributed by atoms with Gasteiger partial charge in [0.1, 0.15) is 0 Å². The van der Waals surface area contributed by atoms with Crippen LogP contribution in [0.4, 0.5) is 4.79 Å². The number of aliphatic carboxylic acids is 1. The first-order valence-electron chi connectivity index (χ1n) is 7.76. The Hall–Kier alpha value is -0.910. The average Bonchev–Trinajstić information content (AvgIpc) is 2.45. The number of carboxylic acid groups (broad SMARTS) is 1. The van der Waals surface area contributed by atoms with E-state index in [2.05, 4.69) is 10.6 Å². The van der Waals surface area contributed by atoms with Gasteiger partial charge in [0.2, 0.25) is 0 Å². The Bertz CT molecular complexity index is 344. The molecule has 3 N–H and O–H groups in total. The smallest absolute Gasteiger partial charge is 0.315 e. The normalized spacial score (nSPS) is 18.8. The molecule has 1 aliphatic rings. The Labute approximate surface area is 131 Å². The summed E-state index contributed by atoms with van der Waals surface area (Å²) < 4.78 is 0. The van der Waals surface area contributed by atoms with E-state index in [1.807, 2.05) is 13.2 Å². The van der Waals surface area contributed by atoms with Crippen LogP contribution in [0.3, 0.4) is 0 Å². The predicted molar refractivity (Wildman–Crippen MR) is 86.8 cm³/mol. The molecule has 1 rings (SSSR count). The summed E-state index contributed by atoms with van der Waals surface area (Å²) in [5.74, 6) is 0.123. The highest BCUT2D eigenvalue weighted by molar-refractivity contribution is 7.98. The number of rotatable bonds is 8. The van der Waals surface area contributed by atoms with Crippen LogP contribution in [0.1, 0.15) is 51.9 Å². The highest BCUT2D eigenvalue weighted by Gasteiger charge is 2.34. The van der Waals surface area contributed by atoms with E-state index in [0.29, 0.717) is 6.54 Å². The fourth-order valence-corrected chi connectivity index (χ4v) is 3.73. The molecule has 6 heteroatoms. The number of thioether (sulfide) groups is 1. The van der Waals surface area contributed by atoms with Crippen molar-refractivity contribution >= 4 is 23.8 Å². The first kappa shape index (κ1) is 18.1. The fourth-order valence-electron chi connectivity index (χ4n) is 3.01. The van der Waals surface area contributed by atoms with Crippen molar-refractivity contribution in [2.75, 3.05) is 18.6 Å². The van der Waals surface area contributed by atoms with Gasteiger partial charge in [-0.3, -0.25) is 4.79 Å². The number of carboxylic acids is 1. The van der Waals surface area contributed by atoms with E-state index in [1.54, 1.807) is 11.8 Å². The van der Waals surface area contributed by atoms with E-state index in [0.717, 1.165) is 37.9 Å². The van der Waals surface area contributed by atoms with Crippen molar-refractivity contribution in [1.82, 2.24) is 10.6 Å². The Morgan fingerprint density at radius 1 is 1.29 bits per heavy atom. The second-order valence-electron chi connectivity index (χ2n) is 6.02. The van der Waals surface area contributed by atoms with Gasteiger partial charge in [0.05, 0.1) is 6.42 Å². The van der Waals surface area contributed by atoms with Crippen LogP contribution in [-0.4, -0.2) is 41.7 Å². The predicted octanol–water partition coefficient (Wildman–Crippen LogP) is 2.85. The molecule has 5 nitrogen and oxygen atoms in total. The van der Waals surface area contributed by atoms with Crippen molar-refractivity contribution in [3.63, 3.8) is 0 Å². The summed E-state index contributed by atoms with van der Waals surface area (Å²) in [6.45, 7) is 2.51. The maximum absolute atomic E-state index is 12.0. The first-order valence-corrected chi connectivity index (χ1v) is 9.16. The van der Waals surface area contributed by atoms with E-state index in [1.165, 1.54) is 6.42 Å². The molecule has 0 aromatic rings. The molecule has 1 aliphatic carbocycles. The van der Waals surface area contributed by atoms with Crippen LogP contribution in [0.2, 0.25) is 0 Å². The van der Waals surface area contributed by atoms with Crippen molar-refractivity contribution < 1.29 is 14.7 Å². The zero-order valence-electron chi connectivity index (χ0n) is 13.1. The monoisotopic (exact) mass is 316 g/mol. The molecule has 2 amide bonds. The quantitative estimate of drug-likeness (QED) is 0.643. The van der Waals surface area contributed by atoms with Gasteiger partial charge in [0, 0.05) is 18.3 Å². The van der Waals surface area contributed by atoms with Gasteiger partial charge < -0.3 is 15.7 Å². The number of carbonyl (C=O) groups is 2. The summed E-state index contributed by atoms with van der Waals surface area (Å²) in [5.41, 5.74) is -0.261. The standard InChI is InChI=1S/C15H28N2O3S/c1-3-12(10-21-2)17-14(20)16-11-15(9-13(18)19)7-5-4-6-8-15/h12H,3-11H2,1-2H3,(H,18,19)(H2,16,17,20). The topological polar surface area (TPSA) is 78.4 Å². The van der Waals surface area contributed by atoms with E-state index in [9.17, 15) is 9.59 Å². The van der Waals surface area contributed by atoms with Crippen molar-refractivity contribution in [3.05, 3.63) is 0 Å². The lowest BCUT2D eigenvalue weighted by molar-refractivity contribution is -0.140. The molecule has 1 saturated carbocycles. The van der Waals surface area contributed by atoms with Crippen LogP contribution >= 0.6 is 11.8 Å². The van der Waals surface area contributed by atoms with Crippen LogP contribution in [-0.2, 0) is 4.79 Å². The Morgan fingerprint density at radius 2 is 1.95 bits per heavy atom. The molecule has 122 valence electrons. The number of urea groups is 1. The third kappa shape index (κ3) is 6.59. The summed E-state index contributed by atoms with van der Waals surface area (Å²) >= 11 is 1.71. The largest absolute Gasteiger partial charge is 0.481 e. The summed E-state index contributed by atoms with van der Waals surface area (Å²) in [6, 6.07) is -0.00647. The van der Waals surface area contributed by atoms with Gasteiger partial charge in [0.15, 0.2) is 0 Å². The molecular weight excluding hydrogens is 288 g/mol. The minimum absolute atomic E-state index is 0.148. The van der Waals surface area contributed by atoms with Crippen molar-refractivity contribution in [2.45, 2.75) is 57.9 Å². The molecule has 1 atom stereocenters. The third-order valence-electron chi connectivity index (χ3n) is 4.26. The summed E-state index contributed by atoms with van der Waals surface area (Å²) in [7, 11) is 0. The SMILES string of the molecule is CCC(CSC)NC(=O)NCC1(CC(=O)O)CCCCC1. The Morgan fingerprint density at radius 3 is 2.48 bits per heavy atom. The molecule has 0 bridgehead atoms. The molecule has 0 aliphatic heterocycles. The van der Waals surface area contributed by atoms with Gasteiger partial charge in [-0.1, -0.05) is 26.2 Å². The second-order valence-corrected chi connectivity index (χ2v) is 6.93. The molecule has 0 saturated heterocycles. The van der Waals surface area contributed by atoms with Gasteiger partial charge in [-0.05, 0) is 30.9 Å². The molecule has 1 fully saturated rings. The maximum atomic E-state index is 12.0. The number of amides is 2. The molecular formula is C15H28N2O3S. The Balaban J connectivity index is 2.48. The molecule has 0 aromatic carbocycles. The summed E-state index contributed by atoms with van der Waals surface area (Å²) in [4.78, 5) is 23.1. The molecule has 0 aromatic heterocycles. The number of carbonyl (C=O) groups excluding carboxylic acids is 1. The maximum Gasteiger partial charge on any atom is 0.315 e.